The van der Waals surface area contributed by atoms with Crippen LogP contribution in [0, 0.1) is 10.5 Å². The van der Waals surface area contributed by atoms with E-state index >= 15 is 0 Å². The lowest BCUT2D eigenvalue weighted by atomic mass is 10.2. The van der Waals surface area contributed by atoms with Crippen LogP contribution in [-0.4, -0.2) is 12.0 Å². The zero-order valence-electron chi connectivity index (χ0n) is 11.4. The van der Waals surface area contributed by atoms with Gasteiger partial charge in [0.15, 0.2) is 6.10 Å². The second-order valence-electron chi connectivity index (χ2n) is 4.57. The van der Waals surface area contributed by atoms with Gasteiger partial charge in [0.25, 0.3) is 5.91 Å². The highest BCUT2D eigenvalue weighted by Crippen LogP contribution is 2.16. The molecule has 1 N–H and O–H groups in total. The molecule has 104 valence electrons. The van der Waals surface area contributed by atoms with Gasteiger partial charge in [-0.05, 0) is 78.4 Å². The first kappa shape index (κ1) is 14.8. The Bertz CT molecular complexity index is 596. The molecule has 0 radical (unpaired) electrons. The lowest BCUT2D eigenvalue weighted by Crippen LogP contribution is -2.30. The molecule has 4 heteroatoms. The van der Waals surface area contributed by atoms with Crippen molar-refractivity contribution in [3.05, 3.63) is 57.7 Å². The van der Waals surface area contributed by atoms with Crippen LogP contribution in [0.1, 0.15) is 12.5 Å². The largest absolute Gasteiger partial charge is 0.481 e. The smallest absolute Gasteiger partial charge is 0.265 e. The SMILES string of the molecule is Cc1cccc(NC(=O)[C@H](C)Oc2ccc(I)cc2)c1. The van der Waals surface area contributed by atoms with Crippen molar-refractivity contribution in [2.75, 3.05) is 5.32 Å². The summed E-state index contributed by atoms with van der Waals surface area (Å²) in [5, 5.41) is 2.85. The van der Waals surface area contributed by atoms with Crippen molar-refractivity contribution in [3.63, 3.8) is 0 Å². The monoisotopic (exact) mass is 381 g/mol. The second-order valence-corrected chi connectivity index (χ2v) is 5.82. The molecule has 2 aromatic carbocycles. The third kappa shape index (κ3) is 4.23. The minimum absolute atomic E-state index is 0.158. The van der Waals surface area contributed by atoms with Crippen LogP contribution in [0.25, 0.3) is 0 Å². The van der Waals surface area contributed by atoms with Crippen LogP contribution in [0.2, 0.25) is 0 Å². The van der Waals surface area contributed by atoms with Gasteiger partial charge in [0.2, 0.25) is 0 Å². The zero-order chi connectivity index (χ0) is 14.5. The fourth-order valence-electron chi connectivity index (χ4n) is 1.74. The number of nitrogens with one attached hydrogen (secondary N) is 1. The minimum atomic E-state index is -0.546. The van der Waals surface area contributed by atoms with Gasteiger partial charge in [0, 0.05) is 9.26 Å². The van der Waals surface area contributed by atoms with Gasteiger partial charge in [-0.3, -0.25) is 4.79 Å². The average molecular weight is 381 g/mol. The van der Waals surface area contributed by atoms with Crippen LogP contribution in [-0.2, 0) is 4.79 Å². The molecule has 0 fully saturated rings. The topological polar surface area (TPSA) is 38.3 Å². The van der Waals surface area contributed by atoms with Gasteiger partial charge in [-0.2, -0.15) is 0 Å². The Morgan fingerprint density at radius 2 is 1.90 bits per heavy atom. The molecular weight excluding hydrogens is 365 g/mol. The van der Waals surface area contributed by atoms with Crippen molar-refractivity contribution < 1.29 is 9.53 Å². The van der Waals surface area contributed by atoms with Crippen LogP contribution >= 0.6 is 22.6 Å². The zero-order valence-corrected chi connectivity index (χ0v) is 13.5. The van der Waals surface area contributed by atoms with E-state index in [4.69, 9.17) is 4.74 Å². The molecule has 0 saturated heterocycles. The van der Waals surface area contributed by atoms with E-state index in [0.717, 1.165) is 14.8 Å². The van der Waals surface area contributed by atoms with Gasteiger partial charge in [0.1, 0.15) is 5.75 Å². The molecule has 0 aliphatic heterocycles. The first-order chi connectivity index (χ1) is 9.54. The van der Waals surface area contributed by atoms with E-state index in [1.165, 1.54) is 0 Å². The summed E-state index contributed by atoms with van der Waals surface area (Å²) in [5.74, 6) is 0.534. The van der Waals surface area contributed by atoms with E-state index in [0.29, 0.717) is 5.75 Å². The Labute approximate surface area is 132 Å². The fourth-order valence-corrected chi connectivity index (χ4v) is 2.10. The minimum Gasteiger partial charge on any atom is -0.481 e. The van der Waals surface area contributed by atoms with Crippen LogP contribution in [0.4, 0.5) is 5.69 Å². The standard InChI is InChI=1S/C16H16INO2/c1-11-4-3-5-14(10-11)18-16(19)12(2)20-15-8-6-13(17)7-9-15/h3-10,12H,1-2H3,(H,18,19)/t12-/m0/s1. The molecule has 0 aliphatic rings. The van der Waals surface area contributed by atoms with E-state index < -0.39 is 6.10 Å². The third-order valence-electron chi connectivity index (χ3n) is 2.78. The van der Waals surface area contributed by atoms with E-state index in [1.54, 1.807) is 6.92 Å². The van der Waals surface area contributed by atoms with Crippen molar-refractivity contribution in [3.8, 4) is 5.75 Å². The molecule has 0 aliphatic carbocycles. The van der Waals surface area contributed by atoms with Gasteiger partial charge >= 0.3 is 0 Å². The van der Waals surface area contributed by atoms with Gasteiger partial charge in [-0.25, -0.2) is 0 Å². The molecule has 0 heterocycles. The summed E-state index contributed by atoms with van der Waals surface area (Å²) >= 11 is 2.23. The molecular formula is C16H16INO2. The van der Waals surface area contributed by atoms with E-state index in [9.17, 15) is 4.79 Å². The maximum absolute atomic E-state index is 12.1. The molecule has 0 saturated carbocycles. The summed E-state index contributed by atoms with van der Waals surface area (Å²) in [6, 6.07) is 15.3. The number of ether oxygens (including phenoxy) is 1. The number of anilines is 1. The molecule has 1 amide bonds. The first-order valence-corrected chi connectivity index (χ1v) is 7.42. The Morgan fingerprint density at radius 1 is 1.20 bits per heavy atom. The van der Waals surface area contributed by atoms with E-state index in [2.05, 4.69) is 27.9 Å². The average Bonchev–Trinajstić information content (AvgIpc) is 2.41. The summed E-state index contributed by atoms with van der Waals surface area (Å²) < 4.78 is 6.75. The molecule has 20 heavy (non-hydrogen) atoms. The van der Waals surface area contributed by atoms with Gasteiger partial charge in [0.05, 0.1) is 0 Å². The Kier molecular flexibility index (Phi) is 5.00. The second kappa shape index (κ2) is 6.74. The summed E-state index contributed by atoms with van der Waals surface area (Å²) in [6.07, 6.45) is -0.546. The van der Waals surface area contributed by atoms with Gasteiger partial charge in [-0.15, -0.1) is 0 Å². The van der Waals surface area contributed by atoms with Crippen molar-refractivity contribution >= 4 is 34.2 Å². The summed E-state index contributed by atoms with van der Waals surface area (Å²) in [6.45, 7) is 3.73. The van der Waals surface area contributed by atoms with Crippen LogP contribution in [0.5, 0.6) is 5.75 Å². The number of amides is 1. The highest BCUT2D eigenvalue weighted by atomic mass is 127. The molecule has 0 aromatic heterocycles. The van der Waals surface area contributed by atoms with E-state index in [-0.39, 0.29) is 5.91 Å². The predicted molar refractivity (Wildman–Crippen MR) is 89.1 cm³/mol. The van der Waals surface area contributed by atoms with Crippen LogP contribution in [0.15, 0.2) is 48.5 Å². The molecule has 2 aromatic rings. The van der Waals surface area contributed by atoms with Crippen LogP contribution in [0.3, 0.4) is 0 Å². The maximum atomic E-state index is 12.1. The quantitative estimate of drug-likeness (QED) is 0.813. The summed E-state index contributed by atoms with van der Waals surface area (Å²) in [4.78, 5) is 12.1. The normalized spacial score (nSPS) is 11.8. The molecule has 0 spiro atoms. The van der Waals surface area contributed by atoms with Crippen molar-refractivity contribution in [1.29, 1.82) is 0 Å². The van der Waals surface area contributed by atoms with Crippen molar-refractivity contribution in [2.45, 2.75) is 20.0 Å². The lowest BCUT2D eigenvalue weighted by molar-refractivity contribution is -0.122. The predicted octanol–water partition coefficient (Wildman–Crippen LogP) is 4.01. The third-order valence-corrected chi connectivity index (χ3v) is 3.50. The van der Waals surface area contributed by atoms with Crippen molar-refractivity contribution in [2.24, 2.45) is 0 Å². The Morgan fingerprint density at radius 3 is 2.55 bits per heavy atom. The van der Waals surface area contributed by atoms with E-state index in [1.807, 2.05) is 55.5 Å². The number of carbonyl (C=O) groups excluding carboxylic acids is 1. The molecule has 0 bridgehead atoms. The van der Waals surface area contributed by atoms with Crippen molar-refractivity contribution in [1.82, 2.24) is 0 Å². The number of halogens is 1. The number of aryl methyl sites for hydroxylation is 1. The molecule has 3 nitrogen and oxygen atoms in total. The molecule has 1 atom stereocenters. The lowest BCUT2D eigenvalue weighted by Gasteiger charge is -2.15. The summed E-state index contributed by atoms with van der Waals surface area (Å²) in [7, 11) is 0. The molecule has 2 rings (SSSR count). The number of rotatable bonds is 4. The number of benzene rings is 2. The van der Waals surface area contributed by atoms with Crippen LogP contribution < -0.4 is 10.1 Å². The first-order valence-electron chi connectivity index (χ1n) is 6.34. The highest BCUT2D eigenvalue weighted by Gasteiger charge is 2.14. The maximum Gasteiger partial charge on any atom is 0.265 e. The van der Waals surface area contributed by atoms with Gasteiger partial charge in [-0.1, -0.05) is 12.1 Å². The summed E-state index contributed by atoms with van der Waals surface area (Å²) in [5.41, 5.74) is 1.89. The fraction of sp³-hybridized carbons (Fsp3) is 0.188. The number of hydrogen-bond donors (Lipinski definition) is 1. The highest BCUT2D eigenvalue weighted by molar-refractivity contribution is 14.1. The molecule has 0 unspecified atom stereocenters. The Hall–Kier alpha value is -1.56. The number of carbonyl (C=O) groups is 1. The Balaban J connectivity index is 1.96. The van der Waals surface area contributed by atoms with Gasteiger partial charge < -0.3 is 10.1 Å². The number of hydrogen-bond acceptors (Lipinski definition) is 2.